The van der Waals surface area contributed by atoms with Crippen molar-refractivity contribution < 1.29 is 4.79 Å². The number of carbonyl (C=O) groups excluding carboxylic acids is 1. The summed E-state index contributed by atoms with van der Waals surface area (Å²) >= 11 is 0. The van der Waals surface area contributed by atoms with E-state index in [1.165, 1.54) is 0 Å². The van der Waals surface area contributed by atoms with Crippen LogP contribution in [0.3, 0.4) is 0 Å². The lowest BCUT2D eigenvalue weighted by molar-refractivity contribution is 0.102. The van der Waals surface area contributed by atoms with Gasteiger partial charge in [0.25, 0.3) is 5.91 Å². The van der Waals surface area contributed by atoms with Gasteiger partial charge in [0.2, 0.25) is 0 Å². The van der Waals surface area contributed by atoms with Crippen LogP contribution in [0.2, 0.25) is 0 Å². The Labute approximate surface area is 128 Å². The van der Waals surface area contributed by atoms with E-state index in [1.54, 1.807) is 24.4 Å². The molecular weight excluding hydrogens is 274 g/mol. The van der Waals surface area contributed by atoms with Gasteiger partial charge in [-0.05, 0) is 29.8 Å². The lowest BCUT2D eigenvalue weighted by Gasteiger charge is -2.08. The van der Waals surface area contributed by atoms with Gasteiger partial charge in [0, 0.05) is 17.3 Å². The molecule has 0 saturated heterocycles. The maximum absolute atomic E-state index is 12.4. The summed E-state index contributed by atoms with van der Waals surface area (Å²) in [5, 5.41) is 12.4. The summed E-state index contributed by atoms with van der Waals surface area (Å²) < 4.78 is 0. The first-order valence-corrected chi connectivity index (χ1v) is 6.89. The van der Waals surface area contributed by atoms with Crippen LogP contribution in [-0.2, 0) is 6.42 Å². The van der Waals surface area contributed by atoms with Gasteiger partial charge in [-0.3, -0.25) is 9.78 Å². The Morgan fingerprint density at radius 1 is 1.09 bits per heavy atom. The van der Waals surface area contributed by atoms with Crippen LogP contribution in [0.5, 0.6) is 0 Å². The number of hydrogen-bond donors (Lipinski definition) is 1. The first-order valence-electron chi connectivity index (χ1n) is 6.89. The Hall–Kier alpha value is -3.19. The molecule has 3 rings (SSSR count). The van der Waals surface area contributed by atoms with Crippen molar-refractivity contribution >= 4 is 22.5 Å². The van der Waals surface area contributed by atoms with Gasteiger partial charge in [0.1, 0.15) is 0 Å². The van der Waals surface area contributed by atoms with Crippen molar-refractivity contribution in [1.82, 2.24) is 4.98 Å². The summed E-state index contributed by atoms with van der Waals surface area (Å²) in [6.45, 7) is 0. The predicted octanol–water partition coefficient (Wildman–Crippen LogP) is 3.55. The molecule has 0 fully saturated rings. The molecule has 0 aliphatic carbocycles. The highest BCUT2D eigenvalue weighted by atomic mass is 16.1. The molecule has 0 unspecified atom stereocenters. The summed E-state index contributed by atoms with van der Waals surface area (Å²) in [6, 6.07) is 18.6. The Balaban J connectivity index is 1.86. The lowest BCUT2D eigenvalue weighted by atomic mass is 10.1. The minimum absolute atomic E-state index is 0.174. The predicted molar refractivity (Wildman–Crippen MR) is 85.5 cm³/mol. The minimum atomic E-state index is -0.174. The van der Waals surface area contributed by atoms with E-state index in [2.05, 4.69) is 16.4 Å². The Morgan fingerprint density at radius 3 is 2.64 bits per heavy atom. The number of nitrogens with zero attached hydrogens (tertiary/aromatic N) is 2. The molecule has 22 heavy (non-hydrogen) atoms. The van der Waals surface area contributed by atoms with Gasteiger partial charge in [-0.15, -0.1) is 0 Å². The smallest absolute Gasteiger partial charge is 0.256 e. The SMILES string of the molecule is N#CCc1ccc(NC(=O)c2ccnc3ccccc23)cc1. The summed E-state index contributed by atoms with van der Waals surface area (Å²) in [5.41, 5.74) is 3.01. The van der Waals surface area contributed by atoms with E-state index in [9.17, 15) is 4.79 Å². The van der Waals surface area contributed by atoms with Crippen molar-refractivity contribution in [3.05, 3.63) is 71.9 Å². The highest BCUT2D eigenvalue weighted by molar-refractivity contribution is 6.12. The fourth-order valence-corrected chi connectivity index (χ4v) is 2.29. The number of pyridine rings is 1. The van der Waals surface area contributed by atoms with Crippen molar-refractivity contribution in [3.63, 3.8) is 0 Å². The number of hydrogen-bond acceptors (Lipinski definition) is 3. The number of nitriles is 1. The topological polar surface area (TPSA) is 65.8 Å². The standard InChI is InChI=1S/C18H13N3O/c19-11-9-13-5-7-14(8-6-13)21-18(22)16-10-12-20-17-4-2-1-3-15(16)17/h1-8,10,12H,9H2,(H,21,22). The molecule has 0 spiro atoms. The molecule has 2 aromatic carbocycles. The van der Waals surface area contributed by atoms with Crippen molar-refractivity contribution in [2.45, 2.75) is 6.42 Å². The number of aromatic nitrogens is 1. The average molecular weight is 287 g/mol. The van der Waals surface area contributed by atoms with Gasteiger partial charge in [-0.2, -0.15) is 5.26 Å². The normalized spacial score (nSPS) is 10.1. The third kappa shape index (κ3) is 2.79. The molecule has 1 N–H and O–H groups in total. The van der Waals surface area contributed by atoms with Crippen LogP contribution in [0, 0.1) is 11.3 Å². The molecule has 0 aliphatic heterocycles. The zero-order valence-corrected chi connectivity index (χ0v) is 11.8. The van der Waals surface area contributed by atoms with Gasteiger partial charge in [-0.25, -0.2) is 0 Å². The Kier molecular flexibility index (Phi) is 3.80. The van der Waals surface area contributed by atoms with Crippen molar-refractivity contribution in [3.8, 4) is 6.07 Å². The average Bonchev–Trinajstić information content (AvgIpc) is 2.56. The second kappa shape index (κ2) is 6.06. The van der Waals surface area contributed by atoms with E-state index >= 15 is 0 Å². The van der Waals surface area contributed by atoms with Crippen LogP contribution in [0.4, 0.5) is 5.69 Å². The van der Waals surface area contributed by atoms with E-state index in [4.69, 9.17) is 5.26 Å². The fourth-order valence-electron chi connectivity index (χ4n) is 2.29. The lowest BCUT2D eigenvalue weighted by Crippen LogP contribution is -2.12. The first kappa shape index (κ1) is 13.8. The number of rotatable bonds is 3. The largest absolute Gasteiger partial charge is 0.322 e. The molecule has 0 radical (unpaired) electrons. The maximum Gasteiger partial charge on any atom is 0.256 e. The molecule has 1 heterocycles. The van der Waals surface area contributed by atoms with Crippen LogP contribution >= 0.6 is 0 Å². The van der Waals surface area contributed by atoms with Crippen molar-refractivity contribution in [2.24, 2.45) is 0 Å². The second-order valence-electron chi connectivity index (χ2n) is 4.86. The monoisotopic (exact) mass is 287 g/mol. The van der Waals surface area contributed by atoms with E-state index in [0.29, 0.717) is 17.7 Å². The number of carbonyl (C=O) groups is 1. The van der Waals surface area contributed by atoms with Crippen LogP contribution in [0.15, 0.2) is 60.8 Å². The molecule has 0 atom stereocenters. The summed E-state index contributed by atoms with van der Waals surface area (Å²) in [7, 11) is 0. The molecule has 0 saturated carbocycles. The van der Waals surface area contributed by atoms with Crippen LogP contribution < -0.4 is 5.32 Å². The van der Waals surface area contributed by atoms with Gasteiger partial charge in [0.05, 0.1) is 23.6 Å². The van der Waals surface area contributed by atoms with Crippen LogP contribution in [0.25, 0.3) is 10.9 Å². The van der Waals surface area contributed by atoms with Gasteiger partial charge in [0.15, 0.2) is 0 Å². The zero-order valence-electron chi connectivity index (χ0n) is 11.8. The highest BCUT2D eigenvalue weighted by Gasteiger charge is 2.10. The van der Waals surface area contributed by atoms with Crippen LogP contribution in [-0.4, -0.2) is 10.9 Å². The molecular formula is C18H13N3O. The van der Waals surface area contributed by atoms with Gasteiger partial charge >= 0.3 is 0 Å². The van der Waals surface area contributed by atoms with Gasteiger partial charge < -0.3 is 5.32 Å². The number of benzene rings is 2. The molecule has 4 nitrogen and oxygen atoms in total. The zero-order chi connectivity index (χ0) is 15.4. The number of para-hydroxylation sites is 1. The molecule has 1 amide bonds. The number of fused-ring (bicyclic) bond motifs is 1. The molecule has 0 aliphatic rings. The molecule has 1 aromatic heterocycles. The van der Waals surface area contributed by atoms with Crippen LogP contribution in [0.1, 0.15) is 15.9 Å². The highest BCUT2D eigenvalue weighted by Crippen LogP contribution is 2.18. The Bertz CT molecular complexity index is 858. The summed E-state index contributed by atoms with van der Waals surface area (Å²) in [6.07, 6.45) is 2.00. The van der Waals surface area contributed by atoms with E-state index in [1.807, 2.05) is 36.4 Å². The summed E-state index contributed by atoms with van der Waals surface area (Å²) in [5.74, 6) is -0.174. The van der Waals surface area contributed by atoms with Crippen molar-refractivity contribution in [1.29, 1.82) is 5.26 Å². The molecule has 106 valence electrons. The molecule has 0 bridgehead atoms. The Morgan fingerprint density at radius 2 is 1.86 bits per heavy atom. The first-order chi connectivity index (χ1) is 10.8. The molecule has 3 aromatic rings. The fraction of sp³-hybridized carbons (Fsp3) is 0.0556. The maximum atomic E-state index is 12.4. The minimum Gasteiger partial charge on any atom is -0.322 e. The van der Waals surface area contributed by atoms with Crippen molar-refractivity contribution in [2.75, 3.05) is 5.32 Å². The number of amides is 1. The number of anilines is 1. The third-order valence-electron chi connectivity index (χ3n) is 3.39. The van der Waals surface area contributed by atoms with E-state index < -0.39 is 0 Å². The quantitative estimate of drug-likeness (QED) is 0.801. The van der Waals surface area contributed by atoms with Gasteiger partial charge in [-0.1, -0.05) is 30.3 Å². The van der Waals surface area contributed by atoms with E-state index in [-0.39, 0.29) is 5.91 Å². The molecule has 4 heteroatoms. The number of nitrogens with one attached hydrogen (secondary N) is 1. The second-order valence-corrected chi connectivity index (χ2v) is 4.86. The third-order valence-corrected chi connectivity index (χ3v) is 3.39. The van der Waals surface area contributed by atoms with E-state index in [0.717, 1.165) is 16.5 Å². The summed E-state index contributed by atoms with van der Waals surface area (Å²) in [4.78, 5) is 16.7.